The average Bonchev–Trinajstić information content (AvgIpc) is 2.10. The van der Waals surface area contributed by atoms with E-state index in [1.54, 1.807) is 7.11 Å². The van der Waals surface area contributed by atoms with E-state index in [1.165, 1.54) is 0 Å². The Morgan fingerprint density at radius 3 is 2.75 bits per heavy atom. The lowest BCUT2D eigenvalue weighted by molar-refractivity contribution is 0.195. The molecule has 0 aliphatic rings. The van der Waals surface area contributed by atoms with Crippen LogP contribution in [0.4, 0.5) is 0 Å². The minimum absolute atomic E-state index is 0.296. The van der Waals surface area contributed by atoms with Crippen molar-refractivity contribution in [3.05, 3.63) is 0 Å². The lowest BCUT2D eigenvalue weighted by Gasteiger charge is -2.13. The highest BCUT2D eigenvalue weighted by molar-refractivity contribution is 4.59. The summed E-state index contributed by atoms with van der Waals surface area (Å²) in [6.45, 7) is 5.09. The van der Waals surface area contributed by atoms with E-state index in [4.69, 9.17) is 9.84 Å². The molecule has 0 spiro atoms. The minimum Gasteiger partial charge on any atom is -0.396 e. The first-order chi connectivity index (χ1) is 5.85. The van der Waals surface area contributed by atoms with E-state index in [9.17, 15) is 0 Å². The van der Waals surface area contributed by atoms with Gasteiger partial charge in [-0.25, -0.2) is 0 Å². The Morgan fingerprint density at radius 1 is 1.50 bits per heavy atom. The zero-order chi connectivity index (χ0) is 9.23. The van der Waals surface area contributed by atoms with Crippen molar-refractivity contribution < 1.29 is 9.84 Å². The summed E-state index contributed by atoms with van der Waals surface area (Å²) in [7, 11) is 1.70. The summed E-state index contributed by atoms with van der Waals surface area (Å²) in [5, 5.41) is 12.0. The van der Waals surface area contributed by atoms with Crippen molar-refractivity contribution in [2.24, 2.45) is 5.92 Å². The lowest BCUT2D eigenvalue weighted by Crippen LogP contribution is -2.26. The van der Waals surface area contributed by atoms with E-state index < -0.39 is 0 Å². The standard InChI is InChI=1S/C9H21NO2/c1-3-9(4-6-11)8-10-5-7-12-2/h9-11H,3-8H2,1-2H3. The minimum atomic E-state index is 0.296. The van der Waals surface area contributed by atoms with E-state index >= 15 is 0 Å². The zero-order valence-corrected chi connectivity index (χ0v) is 8.18. The molecular formula is C9H21NO2. The fourth-order valence-corrected chi connectivity index (χ4v) is 1.11. The van der Waals surface area contributed by atoms with Gasteiger partial charge in [0, 0.05) is 20.3 Å². The molecule has 74 valence electrons. The Kier molecular flexibility index (Phi) is 8.88. The third-order valence-corrected chi connectivity index (χ3v) is 2.03. The van der Waals surface area contributed by atoms with Crippen molar-refractivity contribution in [3.8, 4) is 0 Å². The van der Waals surface area contributed by atoms with Crippen LogP contribution in [0.25, 0.3) is 0 Å². The number of methoxy groups -OCH3 is 1. The van der Waals surface area contributed by atoms with Crippen LogP contribution in [0.3, 0.4) is 0 Å². The fourth-order valence-electron chi connectivity index (χ4n) is 1.11. The summed E-state index contributed by atoms with van der Waals surface area (Å²) >= 11 is 0. The Morgan fingerprint density at radius 2 is 2.25 bits per heavy atom. The van der Waals surface area contributed by atoms with Gasteiger partial charge in [-0.2, -0.15) is 0 Å². The second-order valence-electron chi connectivity index (χ2n) is 2.98. The van der Waals surface area contributed by atoms with Crippen LogP contribution in [0.5, 0.6) is 0 Å². The van der Waals surface area contributed by atoms with Crippen LogP contribution in [-0.2, 0) is 4.74 Å². The highest BCUT2D eigenvalue weighted by Gasteiger charge is 2.03. The van der Waals surface area contributed by atoms with Gasteiger partial charge < -0.3 is 15.2 Å². The van der Waals surface area contributed by atoms with Gasteiger partial charge in [0.2, 0.25) is 0 Å². The molecule has 0 aromatic carbocycles. The SMILES string of the molecule is CCC(CCO)CNCCOC. The van der Waals surface area contributed by atoms with Crippen LogP contribution in [-0.4, -0.2) is 38.5 Å². The van der Waals surface area contributed by atoms with Crippen LogP contribution in [0, 0.1) is 5.92 Å². The van der Waals surface area contributed by atoms with Gasteiger partial charge >= 0.3 is 0 Å². The molecule has 0 aliphatic heterocycles. The first-order valence-electron chi connectivity index (χ1n) is 4.65. The van der Waals surface area contributed by atoms with E-state index in [2.05, 4.69) is 12.2 Å². The Bertz CT molecular complexity index is 88.6. The normalized spacial score (nSPS) is 13.2. The monoisotopic (exact) mass is 175 g/mol. The Hall–Kier alpha value is -0.120. The molecule has 1 unspecified atom stereocenters. The highest BCUT2D eigenvalue weighted by atomic mass is 16.5. The second-order valence-corrected chi connectivity index (χ2v) is 2.98. The van der Waals surface area contributed by atoms with Crippen molar-refractivity contribution in [2.75, 3.05) is 33.4 Å². The Labute approximate surface area is 75.1 Å². The maximum Gasteiger partial charge on any atom is 0.0587 e. The molecule has 0 aliphatic carbocycles. The molecule has 0 saturated heterocycles. The number of aliphatic hydroxyl groups is 1. The first kappa shape index (κ1) is 11.9. The molecule has 3 nitrogen and oxygen atoms in total. The van der Waals surface area contributed by atoms with E-state index in [-0.39, 0.29) is 0 Å². The lowest BCUT2D eigenvalue weighted by atomic mass is 10.0. The Balaban J connectivity index is 3.19. The molecule has 0 fully saturated rings. The van der Waals surface area contributed by atoms with E-state index in [1.807, 2.05) is 0 Å². The zero-order valence-electron chi connectivity index (χ0n) is 8.18. The smallest absolute Gasteiger partial charge is 0.0587 e. The molecule has 0 aromatic rings. The van der Waals surface area contributed by atoms with E-state index in [0.717, 1.165) is 32.5 Å². The van der Waals surface area contributed by atoms with Crippen LogP contribution >= 0.6 is 0 Å². The van der Waals surface area contributed by atoms with Gasteiger partial charge in [0.05, 0.1) is 6.61 Å². The van der Waals surface area contributed by atoms with Crippen molar-refractivity contribution >= 4 is 0 Å². The van der Waals surface area contributed by atoms with Crippen molar-refractivity contribution in [1.82, 2.24) is 5.32 Å². The van der Waals surface area contributed by atoms with Crippen LogP contribution in [0.15, 0.2) is 0 Å². The molecule has 0 bridgehead atoms. The van der Waals surface area contributed by atoms with Gasteiger partial charge in [0.25, 0.3) is 0 Å². The predicted octanol–water partition coefficient (Wildman–Crippen LogP) is 0.631. The maximum atomic E-state index is 8.72. The third-order valence-electron chi connectivity index (χ3n) is 2.03. The van der Waals surface area contributed by atoms with Gasteiger partial charge in [-0.1, -0.05) is 13.3 Å². The highest BCUT2D eigenvalue weighted by Crippen LogP contribution is 2.04. The molecule has 1 atom stereocenters. The van der Waals surface area contributed by atoms with Crippen molar-refractivity contribution in [1.29, 1.82) is 0 Å². The molecule has 0 radical (unpaired) electrons. The maximum absolute atomic E-state index is 8.72. The molecule has 0 amide bonds. The molecule has 0 saturated carbocycles. The number of ether oxygens (including phenoxy) is 1. The van der Waals surface area contributed by atoms with Gasteiger partial charge in [-0.15, -0.1) is 0 Å². The van der Waals surface area contributed by atoms with Gasteiger partial charge in [0.1, 0.15) is 0 Å². The molecule has 3 heteroatoms. The molecule has 12 heavy (non-hydrogen) atoms. The number of hydrogen-bond donors (Lipinski definition) is 2. The molecule has 2 N–H and O–H groups in total. The summed E-state index contributed by atoms with van der Waals surface area (Å²) in [6, 6.07) is 0. The summed E-state index contributed by atoms with van der Waals surface area (Å²) in [5.74, 6) is 0.604. The van der Waals surface area contributed by atoms with Crippen LogP contribution < -0.4 is 5.32 Å². The van der Waals surface area contributed by atoms with Gasteiger partial charge in [-0.05, 0) is 18.9 Å². The van der Waals surface area contributed by atoms with Gasteiger partial charge in [-0.3, -0.25) is 0 Å². The summed E-state index contributed by atoms with van der Waals surface area (Å²) < 4.78 is 4.91. The third kappa shape index (κ3) is 6.58. The van der Waals surface area contributed by atoms with Crippen LogP contribution in [0.2, 0.25) is 0 Å². The van der Waals surface area contributed by atoms with Crippen molar-refractivity contribution in [3.63, 3.8) is 0 Å². The molecular weight excluding hydrogens is 154 g/mol. The number of nitrogens with one attached hydrogen (secondary N) is 1. The molecule has 0 heterocycles. The summed E-state index contributed by atoms with van der Waals surface area (Å²) in [4.78, 5) is 0. The molecule has 0 rings (SSSR count). The average molecular weight is 175 g/mol. The van der Waals surface area contributed by atoms with Gasteiger partial charge in [0.15, 0.2) is 0 Å². The quantitative estimate of drug-likeness (QED) is 0.532. The topological polar surface area (TPSA) is 41.5 Å². The summed E-state index contributed by atoms with van der Waals surface area (Å²) in [5.41, 5.74) is 0. The molecule has 0 aromatic heterocycles. The predicted molar refractivity (Wildman–Crippen MR) is 50.2 cm³/mol. The second kappa shape index (κ2) is 8.97. The first-order valence-corrected chi connectivity index (χ1v) is 4.65. The largest absolute Gasteiger partial charge is 0.396 e. The number of hydrogen-bond acceptors (Lipinski definition) is 3. The van der Waals surface area contributed by atoms with Crippen LogP contribution in [0.1, 0.15) is 19.8 Å². The fraction of sp³-hybridized carbons (Fsp3) is 1.00. The van der Waals surface area contributed by atoms with Crippen molar-refractivity contribution in [2.45, 2.75) is 19.8 Å². The number of aliphatic hydroxyl groups excluding tert-OH is 1. The summed E-state index contributed by atoms with van der Waals surface area (Å²) in [6.07, 6.45) is 2.02. The van der Waals surface area contributed by atoms with E-state index in [0.29, 0.717) is 12.5 Å². The number of rotatable bonds is 8.